The molecule has 1 fully saturated rings. The normalized spacial score (nSPS) is 17.7. The highest BCUT2D eigenvalue weighted by atomic mass is 32.1. The Morgan fingerprint density at radius 2 is 2.21 bits per heavy atom. The van der Waals surface area contributed by atoms with Gasteiger partial charge in [0, 0.05) is 24.4 Å². The maximum absolute atomic E-state index is 12.9. The second-order valence-corrected chi connectivity index (χ2v) is 7.56. The van der Waals surface area contributed by atoms with Gasteiger partial charge in [-0.25, -0.2) is 19.6 Å². The molecule has 3 aromatic heterocycles. The largest absolute Gasteiger partial charge is 0.468 e. The second kappa shape index (κ2) is 7.58. The van der Waals surface area contributed by atoms with Crippen LogP contribution in [0.15, 0.2) is 17.9 Å². The number of hydrogen-bond acceptors (Lipinski definition) is 8. The van der Waals surface area contributed by atoms with Crippen molar-refractivity contribution in [3.63, 3.8) is 0 Å². The minimum atomic E-state index is -4.43. The molecule has 0 N–H and O–H groups in total. The van der Waals surface area contributed by atoms with Crippen LogP contribution < -0.4 is 4.90 Å². The van der Waals surface area contributed by atoms with Crippen LogP contribution in [0.3, 0.4) is 0 Å². The molecule has 1 unspecified atom stereocenters. The summed E-state index contributed by atoms with van der Waals surface area (Å²) in [7, 11) is 1.30. The van der Waals surface area contributed by atoms with Crippen molar-refractivity contribution in [2.24, 2.45) is 0 Å². The zero-order valence-electron chi connectivity index (χ0n) is 15.4. The monoisotopic (exact) mass is 426 g/mol. The summed E-state index contributed by atoms with van der Waals surface area (Å²) in [4.78, 5) is 26.0. The number of aromatic nitrogens is 5. The predicted molar refractivity (Wildman–Crippen MR) is 98.6 cm³/mol. The average molecular weight is 426 g/mol. The lowest BCUT2D eigenvalue weighted by Crippen LogP contribution is -2.35. The lowest BCUT2D eigenvalue weighted by atomic mass is 9.98. The van der Waals surface area contributed by atoms with Gasteiger partial charge in [0.2, 0.25) is 0 Å². The number of esters is 1. The van der Waals surface area contributed by atoms with Crippen LogP contribution in [-0.2, 0) is 22.3 Å². The van der Waals surface area contributed by atoms with E-state index in [1.165, 1.54) is 18.1 Å². The quantitative estimate of drug-likeness (QED) is 0.593. The molecule has 154 valence electrons. The molecule has 4 heterocycles. The number of methoxy groups -OCH3 is 1. The van der Waals surface area contributed by atoms with E-state index in [-0.39, 0.29) is 12.5 Å². The van der Waals surface area contributed by atoms with Crippen LogP contribution in [0.25, 0.3) is 11.0 Å². The fourth-order valence-corrected chi connectivity index (χ4v) is 4.37. The fourth-order valence-electron chi connectivity index (χ4n) is 3.41. The molecule has 1 saturated heterocycles. The van der Waals surface area contributed by atoms with Crippen molar-refractivity contribution < 1.29 is 22.7 Å². The molecule has 1 aliphatic rings. The molecule has 12 heteroatoms. The minimum Gasteiger partial charge on any atom is -0.468 e. The fraction of sp³-hybridized carbons (Fsp3) is 0.471. The van der Waals surface area contributed by atoms with Crippen LogP contribution in [0.2, 0.25) is 0 Å². The number of thiazole rings is 1. The van der Waals surface area contributed by atoms with E-state index in [0.29, 0.717) is 34.9 Å². The molecule has 0 aromatic carbocycles. The number of piperidine rings is 1. The van der Waals surface area contributed by atoms with Gasteiger partial charge in [-0.2, -0.15) is 18.3 Å². The summed E-state index contributed by atoms with van der Waals surface area (Å²) < 4.78 is 44.7. The third kappa shape index (κ3) is 3.88. The van der Waals surface area contributed by atoms with Gasteiger partial charge in [-0.15, -0.1) is 11.3 Å². The number of carbonyl (C=O) groups is 1. The van der Waals surface area contributed by atoms with Gasteiger partial charge >= 0.3 is 12.1 Å². The first-order valence-electron chi connectivity index (χ1n) is 8.87. The van der Waals surface area contributed by atoms with Gasteiger partial charge < -0.3 is 9.64 Å². The highest BCUT2D eigenvalue weighted by Crippen LogP contribution is 2.36. The average Bonchev–Trinajstić information content (AvgIpc) is 3.35. The van der Waals surface area contributed by atoms with Gasteiger partial charge in [0.1, 0.15) is 18.7 Å². The lowest BCUT2D eigenvalue weighted by Gasteiger charge is -2.32. The number of hydrogen-bond donors (Lipinski definition) is 0. The van der Waals surface area contributed by atoms with Crippen molar-refractivity contribution >= 4 is 34.2 Å². The smallest absolute Gasteiger partial charge is 0.434 e. The zero-order chi connectivity index (χ0) is 20.6. The molecule has 3 aromatic rings. The molecule has 0 aliphatic carbocycles. The topological polar surface area (TPSA) is 86.0 Å². The van der Waals surface area contributed by atoms with Crippen LogP contribution in [0, 0.1) is 0 Å². The van der Waals surface area contributed by atoms with Crippen molar-refractivity contribution in [2.75, 3.05) is 25.1 Å². The van der Waals surface area contributed by atoms with Crippen molar-refractivity contribution in [1.29, 1.82) is 0 Å². The summed E-state index contributed by atoms with van der Waals surface area (Å²) in [6.45, 7) is 1.14. The van der Waals surface area contributed by atoms with Crippen LogP contribution in [0.4, 0.5) is 19.0 Å². The van der Waals surface area contributed by atoms with Gasteiger partial charge in [-0.05, 0) is 12.8 Å². The van der Waals surface area contributed by atoms with E-state index in [0.717, 1.165) is 29.6 Å². The van der Waals surface area contributed by atoms with Crippen molar-refractivity contribution in [3.8, 4) is 0 Å². The molecule has 0 amide bonds. The van der Waals surface area contributed by atoms with E-state index in [2.05, 4.69) is 24.8 Å². The first kappa shape index (κ1) is 19.6. The maximum atomic E-state index is 12.9. The summed E-state index contributed by atoms with van der Waals surface area (Å²) in [6.07, 6.45) is 0.102. The predicted octanol–water partition coefficient (Wildman–Crippen LogP) is 2.86. The van der Waals surface area contributed by atoms with Gasteiger partial charge in [-0.1, -0.05) is 0 Å². The third-order valence-corrected chi connectivity index (χ3v) is 5.81. The molecule has 4 rings (SSSR count). The molecule has 1 atom stereocenters. The van der Waals surface area contributed by atoms with E-state index in [1.807, 2.05) is 4.90 Å². The highest BCUT2D eigenvalue weighted by molar-refractivity contribution is 7.09. The molecule has 8 nitrogen and oxygen atoms in total. The van der Waals surface area contributed by atoms with Crippen LogP contribution in [0.1, 0.15) is 29.5 Å². The molecular formula is C17H17F3N6O2S. The SMILES string of the molecule is COC(=O)Cn1ncc2c(N3CCCC(c4nc(C(F)(F)F)cs4)C3)ncnc21. The molecule has 0 bridgehead atoms. The Kier molecular flexibility index (Phi) is 5.11. The Bertz CT molecular complexity index is 1030. The van der Waals surface area contributed by atoms with Crippen LogP contribution in [0.5, 0.6) is 0 Å². The molecular weight excluding hydrogens is 409 g/mol. The zero-order valence-corrected chi connectivity index (χ0v) is 16.2. The minimum absolute atomic E-state index is 0.0710. The van der Waals surface area contributed by atoms with Crippen molar-refractivity contribution in [1.82, 2.24) is 24.7 Å². The van der Waals surface area contributed by atoms with E-state index in [4.69, 9.17) is 0 Å². The highest BCUT2D eigenvalue weighted by Gasteiger charge is 2.35. The summed E-state index contributed by atoms with van der Waals surface area (Å²) in [5, 5.41) is 6.41. The van der Waals surface area contributed by atoms with E-state index in [1.54, 1.807) is 6.20 Å². The molecule has 1 aliphatic heterocycles. The van der Waals surface area contributed by atoms with Crippen molar-refractivity contribution in [3.05, 3.63) is 28.6 Å². The number of nitrogens with zero attached hydrogens (tertiary/aromatic N) is 6. The summed E-state index contributed by atoms with van der Waals surface area (Å²) in [5.41, 5.74) is -0.348. The van der Waals surface area contributed by atoms with Crippen molar-refractivity contribution in [2.45, 2.75) is 31.5 Å². The number of ether oxygens (including phenoxy) is 1. The second-order valence-electron chi connectivity index (χ2n) is 6.67. The molecule has 0 spiro atoms. The van der Waals surface area contributed by atoms with Crippen LogP contribution >= 0.6 is 11.3 Å². The Hall–Kier alpha value is -2.76. The van der Waals surface area contributed by atoms with Gasteiger partial charge in [0.15, 0.2) is 11.3 Å². The molecule has 0 saturated carbocycles. The number of carbonyl (C=O) groups excluding carboxylic acids is 1. The molecule has 0 radical (unpaired) electrons. The van der Waals surface area contributed by atoms with Gasteiger partial charge in [0.05, 0.1) is 23.7 Å². The van der Waals surface area contributed by atoms with E-state index < -0.39 is 17.8 Å². The first-order valence-corrected chi connectivity index (χ1v) is 9.75. The lowest BCUT2D eigenvalue weighted by molar-refractivity contribution is -0.142. The summed E-state index contributed by atoms with van der Waals surface area (Å²) >= 11 is 1.04. The van der Waals surface area contributed by atoms with Gasteiger partial charge in [0.25, 0.3) is 0 Å². The summed E-state index contributed by atoms with van der Waals surface area (Å²) in [6, 6.07) is 0. The number of fused-ring (bicyclic) bond motifs is 1. The Morgan fingerprint density at radius 3 is 2.93 bits per heavy atom. The Labute approximate surface area is 167 Å². The summed E-state index contributed by atoms with van der Waals surface area (Å²) in [5.74, 6) is 0.0841. The first-order chi connectivity index (χ1) is 13.9. The number of alkyl halides is 3. The molecule has 29 heavy (non-hydrogen) atoms. The standard InChI is InChI=1S/C17H17F3N6O2S/c1-28-13(27)7-26-15-11(5-23-26)14(21-9-22-15)25-4-2-3-10(6-25)16-24-12(8-29-16)17(18,19)20/h5,8-10H,2-4,6-7H2,1H3. The third-order valence-electron chi connectivity index (χ3n) is 4.80. The maximum Gasteiger partial charge on any atom is 0.434 e. The Balaban J connectivity index is 1.59. The van der Waals surface area contributed by atoms with Gasteiger partial charge in [-0.3, -0.25) is 4.79 Å². The number of rotatable bonds is 4. The Morgan fingerprint density at radius 1 is 1.38 bits per heavy atom. The van der Waals surface area contributed by atoms with Crippen LogP contribution in [-0.4, -0.2) is 50.9 Å². The number of halogens is 3. The van der Waals surface area contributed by atoms with E-state index >= 15 is 0 Å². The van der Waals surface area contributed by atoms with E-state index in [9.17, 15) is 18.0 Å². The number of anilines is 1.